The highest BCUT2D eigenvalue weighted by atomic mass is 19.1. The van der Waals surface area contributed by atoms with Gasteiger partial charge in [-0.2, -0.15) is 0 Å². The van der Waals surface area contributed by atoms with Crippen molar-refractivity contribution in [2.75, 3.05) is 0 Å². The van der Waals surface area contributed by atoms with Crippen molar-refractivity contribution in [3.05, 3.63) is 48.3 Å². The molecule has 4 nitrogen and oxygen atoms in total. The minimum Gasteiger partial charge on any atom is -0.316 e. The molecule has 0 aliphatic rings. The van der Waals surface area contributed by atoms with E-state index in [4.69, 9.17) is 5.21 Å². The molecule has 1 aromatic carbocycles. The second-order valence-electron chi connectivity index (χ2n) is 3.09. The SMILES string of the molecule is ONCc1ccc(-n2ccnc2)c(F)c1. The average Bonchev–Trinajstić information content (AvgIpc) is 2.71. The highest BCUT2D eigenvalue weighted by molar-refractivity contribution is 5.36. The Morgan fingerprint density at radius 1 is 1.47 bits per heavy atom. The van der Waals surface area contributed by atoms with Crippen molar-refractivity contribution in [3.63, 3.8) is 0 Å². The molecule has 0 bridgehead atoms. The van der Waals surface area contributed by atoms with E-state index < -0.39 is 0 Å². The first-order chi connectivity index (χ1) is 7.31. The first-order valence-corrected chi connectivity index (χ1v) is 4.45. The molecule has 0 atom stereocenters. The van der Waals surface area contributed by atoms with E-state index in [9.17, 15) is 4.39 Å². The molecule has 0 aliphatic carbocycles. The molecule has 0 aliphatic heterocycles. The van der Waals surface area contributed by atoms with Crippen LogP contribution in [-0.2, 0) is 6.54 Å². The zero-order chi connectivity index (χ0) is 10.7. The van der Waals surface area contributed by atoms with E-state index in [0.29, 0.717) is 11.3 Å². The summed E-state index contributed by atoms with van der Waals surface area (Å²) in [7, 11) is 0. The fourth-order valence-electron chi connectivity index (χ4n) is 1.36. The van der Waals surface area contributed by atoms with Crippen LogP contribution in [0.25, 0.3) is 5.69 Å². The third kappa shape index (κ3) is 2.03. The molecule has 0 unspecified atom stereocenters. The number of hydrogen-bond acceptors (Lipinski definition) is 3. The van der Waals surface area contributed by atoms with E-state index in [2.05, 4.69) is 4.98 Å². The van der Waals surface area contributed by atoms with E-state index in [0.717, 1.165) is 0 Å². The summed E-state index contributed by atoms with van der Waals surface area (Å²) in [5.41, 5.74) is 3.10. The number of nitrogens with one attached hydrogen (secondary N) is 1. The standard InChI is InChI=1S/C10H10FN3O/c11-9-5-8(6-13-15)1-2-10(9)14-4-3-12-7-14/h1-5,7,13,15H,6H2. The molecule has 0 radical (unpaired) electrons. The van der Waals surface area contributed by atoms with Crippen molar-refractivity contribution < 1.29 is 9.60 Å². The molecular formula is C10H10FN3O. The van der Waals surface area contributed by atoms with E-state index >= 15 is 0 Å². The van der Waals surface area contributed by atoms with Crippen LogP contribution in [0.15, 0.2) is 36.9 Å². The fraction of sp³-hybridized carbons (Fsp3) is 0.100. The van der Waals surface area contributed by atoms with Gasteiger partial charge in [0, 0.05) is 18.9 Å². The Morgan fingerprint density at radius 3 is 2.93 bits per heavy atom. The molecular weight excluding hydrogens is 197 g/mol. The minimum atomic E-state index is -0.347. The lowest BCUT2D eigenvalue weighted by atomic mass is 10.2. The van der Waals surface area contributed by atoms with Gasteiger partial charge in [0.05, 0.1) is 12.0 Å². The zero-order valence-corrected chi connectivity index (χ0v) is 7.89. The highest BCUT2D eigenvalue weighted by Crippen LogP contribution is 2.14. The van der Waals surface area contributed by atoms with Gasteiger partial charge in [-0.1, -0.05) is 6.07 Å². The average molecular weight is 207 g/mol. The summed E-state index contributed by atoms with van der Waals surface area (Å²) in [4.78, 5) is 3.84. The number of rotatable bonds is 3. The molecule has 2 rings (SSSR count). The second-order valence-corrected chi connectivity index (χ2v) is 3.09. The predicted octanol–water partition coefficient (Wildman–Crippen LogP) is 1.49. The number of benzene rings is 1. The number of hydrogen-bond donors (Lipinski definition) is 2. The molecule has 0 spiro atoms. The van der Waals surface area contributed by atoms with Gasteiger partial charge in [-0.05, 0) is 17.7 Å². The van der Waals surface area contributed by atoms with E-state index in [1.807, 2.05) is 5.48 Å². The van der Waals surface area contributed by atoms with Crippen molar-refractivity contribution in [1.29, 1.82) is 0 Å². The Balaban J connectivity index is 2.35. The molecule has 15 heavy (non-hydrogen) atoms. The molecule has 2 N–H and O–H groups in total. The second kappa shape index (κ2) is 4.20. The van der Waals surface area contributed by atoms with Gasteiger partial charge in [0.25, 0.3) is 0 Å². The summed E-state index contributed by atoms with van der Waals surface area (Å²) in [6.45, 7) is 0.223. The number of hydroxylamine groups is 1. The number of nitrogens with zero attached hydrogens (tertiary/aromatic N) is 2. The Bertz CT molecular complexity index is 442. The van der Waals surface area contributed by atoms with Crippen LogP contribution >= 0.6 is 0 Å². The smallest absolute Gasteiger partial charge is 0.147 e. The van der Waals surface area contributed by atoms with Gasteiger partial charge in [0.1, 0.15) is 5.82 Å². The molecule has 1 heterocycles. The Morgan fingerprint density at radius 2 is 2.33 bits per heavy atom. The van der Waals surface area contributed by atoms with Crippen LogP contribution in [0.5, 0.6) is 0 Å². The van der Waals surface area contributed by atoms with Gasteiger partial charge in [-0.25, -0.2) is 14.9 Å². The van der Waals surface area contributed by atoms with E-state index in [1.54, 1.807) is 29.1 Å². The summed E-state index contributed by atoms with van der Waals surface area (Å²) in [6.07, 6.45) is 4.79. The molecule has 0 saturated heterocycles. The Labute approximate surface area is 86.0 Å². The fourth-order valence-corrected chi connectivity index (χ4v) is 1.36. The molecule has 0 saturated carbocycles. The first kappa shape index (κ1) is 9.82. The molecule has 5 heteroatoms. The van der Waals surface area contributed by atoms with Crippen molar-refractivity contribution in [1.82, 2.24) is 15.0 Å². The van der Waals surface area contributed by atoms with E-state index in [-0.39, 0.29) is 12.4 Å². The summed E-state index contributed by atoms with van der Waals surface area (Å²) in [5, 5.41) is 8.48. The summed E-state index contributed by atoms with van der Waals surface area (Å²) in [5.74, 6) is -0.347. The lowest BCUT2D eigenvalue weighted by Crippen LogP contribution is -2.07. The maximum absolute atomic E-state index is 13.6. The van der Waals surface area contributed by atoms with Gasteiger partial charge >= 0.3 is 0 Å². The summed E-state index contributed by atoms with van der Waals surface area (Å²) in [6, 6.07) is 4.75. The summed E-state index contributed by atoms with van der Waals surface area (Å²) < 4.78 is 15.2. The largest absolute Gasteiger partial charge is 0.316 e. The first-order valence-electron chi connectivity index (χ1n) is 4.45. The minimum absolute atomic E-state index is 0.223. The quantitative estimate of drug-likeness (QED) is 0.750. The van der Waals surface area contributed by atoms with E-state index in [1.165, 1.54) is 12.4 Å². The normalized spacial score (nSPS) is 10.5. The van der Waals surface area contributed by atoms with Crippen molar-refractivity contribution in [2.45, 2.75) is 6.54 Å². The molecule has 0 fully saturated rings. The Hall–Kier alpha value is -1.72. The van der Waals surface area contributed by atoms with Gasteiger partial charge in [-0.3, -0.25) is 0 Å². The van der Waals surface area contributed by atoms with Crippen molar-refractivity contribution in [2.24, 2.45) is 0 Å². The third-order valence-corrected chi connectivity index (χ3v) is 2.08. The van der Waals surface area contributed by atoms with Gasteiger partial charge < -0.3 is 9.77 Å². The maximum atomic E-state index is 13.6. The van der Waals surface area contributed by atoms with Crippen LogP contribution in [0.4, 0.5) is 4.39 Å². The van der Waals surface area contributed by atoms with Crippen LogP contribution < -0.4 is 5.48 Å². The van der Waals surface area contributed by atoms with Gasteiger partial charge in [0.2, 0.25) is 0 Å². The Kier molecular flexibility index (Phi) is 2.75. The monoisotopic (exact) mass is 207 g/mol. The third-order valence-electron chi connectivity index (χ3n) is 2.08. The van der Waals surface area contributed by atoms with Gasteiger partial charge in [-0.15, -0.1) is 0 Å². The summed E-state index contributed by atoms with van der Waals surface area (Å²) >= 11 is 0. The zero-order valence-electron chi connectivity index (χ0n) is 7.89. The van der Waals surface area contributed by atoms with Crippen LogP contribution in [0.1, 0.15) is 5.56 Å². The molecule has 1 aromatic heterocycles. The highest BCUT2D eigenvalue weighted by Gasteiger charge is 2.04. The molecule has 2 aromatic rings. The van der Waals surface area contributed by atoms with Crippen molar-refractivity contribution >= 4 is 0 Å². The number of aromatic nitrogens is 2. The van der Waals surface area contributed by atoms with Crippen LogP contribution in [-0.4, -0.2) is 14.8 Å². The maximum Gasteiger partial charge on any atom is 0.147 e. The predicted molar refractivity (Wildman–Crippen MR) is 52.1 cm³/mol. The lowest BCUT2D eigenvalue weighted by molar-refractivity contribution is 0.161. The lowest BCUT2D eigenvalue weighted by Gasteiger charge is -2.05. The molecule has 78 valence electrons. The van der Waals surface area contributed by atoms with Crippen molar-refractivity contribution in [3.8, 4) is 5.69 Å². The topological polar surface area (TPSA) is 50.1 Å². The van der Waals surface area contributed by atoms with Crippen LogP contribution in [0, 0.1) is 5.82 Å². The van der Waals surface area contributed by atoms with Gasteiger partial charge in [0.15, 0.2) is 0 Å². The molecule has 0 amide bonds. The van der Waals surface area contributed by atoms with Crippen LogP contribution in [0.2, 0.25) is 0 Å². The number of halogens is 1. The van der Waals surface area contributed by atoms with Crippen LogP contribution in [0.3, 0.4) is 0 Å². The number of imidazole rings is 1.